The number of carboxylic acids is 1. The predicted molar refractivity (Wildman–Crippen MR) is 238 cm³/mol. The molecule has 0 atom stereocenters. The summed E-state index contributed by atoms with van der Waals surface area (Å²) in [7, 11) is -6.34. The van der Waals surface area contributed by atoms with E-state index in [1.165, 1.54) is 12.7 Å². The number of nitrogens with two attached hydrogens (primary N) is 1. The summed E-state index contributed by atoms with van der Waals surface area (Å²) in [5.74, 6) is 1.76. The van der Waals surface area contributed by atoms with E-state index in [9.17, 15) is 26.4 Å². The van der Waals surface area contributed by atoms with Crippen molar-refractivity contribution in [1.29, 1.82) is 0 Å². The molecule has 0 amide bonds. The van der Waals surface area contributed by atoms with Crippen LogP contribution in [0.5, 0.6) is 0 Å². The van der Waals surface area contributed by atoms with Gasteiger partial charge in [-0.1, -0.05) is 23.2 Å². The van der Waals surface area contributed by atoms with Gasteiger partial charge in [0.2, 0.25) is 20.0 Å². The number of carbonyl (C=O) groups is 2. The summed E-state index contributed by atoms with van der Waals surface area (Å²) in [6, 6.07) is 3.84. The van der Waals surface area contributed by atoms with Gasteiger partial charge in [-0.05, 0) is 44.2 Å². The lowest BCUT2D eigenvalue weighted by molar-refractivity contribution is 0.0684. The SMILES string of the molecule is NCCS(=O)(=O)N1CCCCC1.O=C(CCCS(=O)(=O)N1CCCCC1)c1noc2c1CN(c1ncnc3[nH]ccc13)CC2.O=C(O)c1noc2c1CN(c1ncnc3[nH]ccc13)CC2. The number of H-pyrrole nitrogens is 2. The molecule has 10 rings (SSSR count). The Balaban J connectivity index is 0.000000149. The van der Waals surface area contributed by atoms with Crippen molar-refractivity contribution in [3.05, 3.63) is 71.2 Å². The average molecular weight is 936 g/mol. The zero-order chi connectivity index (χ0) is 45.6. The van der Waals surface area contributed by atoms with E-state index in [1.54, 1.807) is 14.8 Å². The first-order valence-electron chi connectivity index (χ1n) is 21.9. The fraction of sp³-hybridized carbons (Fsp3) is 0.512. The molecule has 0 aliphatic carbocycles. The number of hydrogen-bond donors (Lipinski definition) is 4. The predicted octanol–water partition coefficient (Wildman–Crippen LogP) is 3.25. The minimum atomic E-state index is -3.31. The number of carboxylic acid groups (broad SMARTS) is 1. The van der Waals surface area contributed by atoms with Gasteiger partial charge in [-0.3, -0.25) is 4.79 Å². The van der Waals surface area contributed by atoms with Crippen molar-refractivity contribution in [2.45, 2.75) is 77.3 Å². The van der Waals surface area contributed by atoms with Crippen LogP contribution in [0.2, 0.25) is 0 Å². The summed E-state index contributed by atoms with van der Waals surface area (Å²) < 4.78 is 61.6. The third-order valence-corrected chi connectivity index (χ3v) is 15.8. The molecule has 24 heteroatoms. The topological polar surface area (TPSA) is 297 Å². The number of hydrogen-bond acceptors (Lipinski definition) is 17. The van der Waals surface area contributed by atoms with Crippen LogP contribution in [0, 0.1) is 0 Å². The van der Waals surface area contributed by atoms with Crippen LogP contribution in [0.15, 0.2) is 46.2 Å². The molecule has 65 heavy (non-hydrogen) atoms. The summed E-state index contributed by atoms with van der Waals surface area (Å²) >= 11 is 0. The molecule has 4 aliphatic heterocycles. The van der Waals surface area contributed by atoms with Gasteiger partial charge >= 0.3 is 5.97 Å². The van der Waals surface area contributed by atoms with Gasteiger partial charge in [0.1, 0.15) is 47.1 Å². The third kappa shape index (κ3) is 10.4. The maximum atomic E-state index is 12.9. The Kier molecular flexibility index (Phi) is 14.2. The Morgan fingerprint density at radius 1 is 0.662 bits per heavy atom. The monoisotopic (exact) mass is 935 g/mol. The second-order valence-electron chi connectivity index (χ2n) is 16.3. The number of aromatic nitrogens is 8. The van der Waals surface area contributed by atoms with E-state index < -0.39 is 26.0 Å². The maximum absolute atomic E-state index is 12.9. The van der Waals surface area contributed by atoms with E-state index >= 15 is 0 Å². The van der Waals surface area contributed by atoms with Crippen molar-refractivity contribution in [3.63, 3.8) is 0 Å². The van der Waals surface area contributed by atoms with Crippen LogP contribution in [-0.4, -0.2) is 140 Å². The number of rotatable bonds is 12. The van der Waals surface area contributed by atoms with Crippen LogP contribution in [0.25, 0.3) is 22.1 Å². The number of nitrogens with zero attached hydrogens (tertiary/aromatic N) is 10. The summed E-state index contributed by atoms with van der Waals surface area (Å²) in [6.07, 6.45) is 14.3. The molecule has 22 nitrogen and oxygen atoms in total. The summed E-state index contributed by atoms with van der Waals surface area (Å²) in [6.45, 7) is 5.02. The molecule has 0 saturated carbocycles. The van der Waals surface area contributed by atoms with Crippen LogP contribution in [0.4, 0.5) is 11.6 Å². The van der Waals surface area contributed by atoms with Gasteiger partial charge in [0.05, 0.1) is 35.4 Å². The lowest BCUT2D eigenvalue weighted by atomic mass is 10.0. The van der Waals surface area contributed by atoms with Crippen LogP contribution >= 0.6 is 0 Å². The highest BCUT2D eigenvalue weighted by Crippen LogP contribution is 2.31. The van der Waals surface area contributed by atoms with Crippen molar-refractivity contribution in [3.8, 4) is 0 Å². The first-order chi connectivity index (χ1) is 31.4. The molecule has 0 spiro atoms. The number of Topliss-reactive ketones (excluding diaryl/α,β-unsaturated/α-hetero) is 1. The second-order valence-corrected chi connectivity index (χ2v) is 20.4. The minimum Gasteiger partial charge on any atom is -0.476 e. The van der Waals surface area contributed by atoms with E-state index in [-0.39, 0.29) is 42.4 Å². The quantitative estimate of drug-likeness (QED) is 0.128. The molecule has 0 unspecified atom stereocenters. The second kappa shape index (κ2) is 20.1. The van der Waals surface area contributed by atoms with Crippen LogP contribution < -0.4 is 15.5 Å². The maximum Gasteiger partial charge on any atom is 0.358 e. The minimum absolute atomic E-state index is 0.0166. The number of fused-ring (bicyclic) bond motifs is 4. The number of sulfonamides is 2. The number of piperidine rings is 2. The van der Waals surface area contributed by atoms with Gasteiger partial charge in [0.25, 0.3) is 0 Å². The molecule has 2 saturated heterocycles. The Morgan fingerprint density at radius 2 is 1.14 bits per heavy atom. The van der Waals surface area contributed by atoms with E-state index in [4.69, 9.17) is 19.9 Å². The van der Waals surface area contributed by atoms with Gasteiger partial charge in [0.15, 0.2) is 17.2 Å². The van der Waals surface area contributed by atoms with Crippen LogP contribution in [0.3, 0.4) is 0 Å². The lowest BCUT2D eigenvalue weighted by Crippen LogP contribution is -2.38. The molecule has 5 N–H and O–H groups in total. The van der Waals surface area contributed by atoms with Crippen LogP contribution in [-0.2, 0) is 46.0 Å². The smallest absolute Gasteiger partial charge is 0.358 e. The van der Waals surface area contributed by atoms with Crippen molar-refractivity contribution in [2.24, 2.45) is 5.73 Å². The molecule has 6 aromatic heterocycles. The Morgan fingerprint density at radius 3 is 1.63 bits per heavy atom. The van der Waals surface area contributed by atoms with Gasteiger partial charge in [-0.2, -0.15) is 0 Å². The first-order valence-corrected chi connectivity index (χ1v) is 25.1. The molecule has 4 aliphatic rings. The summed E-state index contributed by atoms with van der Waals surface area (Å²) in [5, 5.41) is 18.7. The highest BCUT2D eigenvalue weighted by Gasteiger charge is 2.31. The fourth-order valence-electron chi connectivity index (χ4n) is 8.62. The molecule has 10 heterocycles. The zero-order valence-corrected chi connectivity index (χ0v) is 37.5. The highest BCUT2D eigenvalue weighted by molar-refractivity contribution is 7.89. The number of ketones is 1. The van der Waals surface area contributed by atoms with E-state index in [2.05, 4.69) is 45.1 Å². The standard InChI is InChI=1S/C21H26N6O4S.C13H11N5O3.C7H16N2O2S/c28-17(5-4-12-32(29,30)27-9-2-1-3-10-27)19-16-13-26(11-7-18(16)31-25-19)21-15-6-8-22-20(15)23-14-24-21;19-13(20)10-8-5-18(4-2-9(8)21-17-10)12-7-1-3-14-11(7)15-6-16-12;8-4-7-12(10,11)9-5-2-1-3-6-9/h6,8,14H,1-5,7,9-13H2,(H,22,23,24);1,3,6H,2,4-5H2,(H,19,20)(H,14,15,16);1-8H2. The van der Waals surface area contributed by atoms with Crippen molar-refractivity contribution in [1.82, 2.24) is 48.8 Å². The molecular formula is C41H53N13O9S2. The molecule has 0 aromatic carbocycles. The third-order valence-electron chi connectivity index (χ3n) is 12.0. The number of nitrogens with one attached hydrogen (secondary N) is 2. The number of aromatic carboxylic acids is 1. The zero-order valence-electron chi connectivity index (χ0n) is 35.9. The van der Waals surface area contributed by atoms with Crippen LogP contribution in [0.1, 0.15) is 95.0 Å². The Labute approximate surface area is 375 Å². The fourth-order valence-corrected chi connectivity index (χ4v) is 11.6. The van der Waals surface area contributed by atoms with Gasteiger partial charge in [0, 0.05) is 88.6 Å². The van der Waals surface area contributed by atoms with Gasteiger partial charge in [-0.25, -0.2) is 50.2 Å². The molecular weight excluding hydrogens is 883 g/mol. The number of anilines is 2. The van der Waals surface area contributed by atoms with Crippen molar-refractivity contribution in [2.75, 3.05) is 67.1 Å². The molecule has 0 bridgehead atoms. The van der Waals surface area contributed by atoms with E-state index in [0.717, 1.165) is 77.8 Å². The molecule has 6 aromatic rings. The lowest BCUT2D eigenvalue weighted by Gasteiger charge is -2.27. The average Bonchev–Trinajstić information content (AvgIpc) is 4.16. The van der Waals surface area contributed by atoms with Gasteiger partial charge < -0.3 is 39.7 Å². The van der Waals surface area contributed by atoms with Crippen molar-refractivity contribution >= 4 is 65.5 Å². The largest absolute Gasteiger partial charge is 0.476 e. The Bertz CT molecular complexity index is 2830. The molecule has 2 fully saturated rings. The molecule has 348 valence electrons. The number of carbonyl (C=O) groups excluding carboxylic acids is 1. The van der Waals surface area contributed by atoms with E-state index in [1.807, 2.05) is 23.2 Å². The first kappa shape index (κ1) is 45.7. The number of aromatic amines is 2. The van der Waals surface area contributed by atoms with Crippen molar-refractivity contribution < 1.29 is 40.6 Å². The highest BCUT2D eigenvalue weighted by atomic mass is 32.2. The molecule has 0 radical (unpaired) electrons. The summed E-state index contributed by atoms with van der Waals surface area (Å²) in [5.41, 5.74) is 8.41. The van der Waals surface area contributed by atoms with Gasteiger partial charge in [-0.15, -0.1) is 0 Å². The Hall–Kier alpha value is -5.82. The summed E-state index contributed by atoms with van der Waals surface area (Å²) in [4.78, 5) is 51.5. The van der Waals surface area contributed by atoms with E-state index in [0.29, 0.717) is 88.0 Å². The normalized spacial score (nSPS) is 17.2.